The van der Waals surface area contributed by atoms with E-state index in [4.69, 9.17) is 19.5 Å². The van der Waals surface area contributed by atoms with Gasteiger partial charge in [-0.05, 0) is 42.5 Å². The average Bonchev–Trinajstić information content (AvgIpc) is 2.82. The molecule has 0 spiro atoms. The Kier molecular flexibility index (Phi) is 7.75. The van der Waals surface area contributed by atoms with Gasteiger partial charge in [0.2, 0.25) is 0 Å². The first-order chi connectivity index (χ1) is 15.5. The Bertz CT molecular complexity index is 1030. The van der Waals surface area contributed by atoms with E-state index in [9.17, 15) is 18.8 Å². The van der Waals surface area contributed by atoms with E-state index in [1.807, 2.05) is 6.07 Å². The summed E-state index contributed by atoms with van der Waals surface area (Å²) < 4.78 is 29.0. The third-order valence-electron chi connectivity index (χ3n) is 4.66. The van der Waals surface area contributed by atoms with Crippen LogP contribution in [0.5, 0.6) is 11.5 Å². The molecular formula is C23H21FN2O6. The number of benzene rings is 2. The fraction of sp³-hybridized carbons (Fsp3) is 0.304. The number of esters is 1. The van der Waals surface area contributed by atoms with Crippen molar-refractivity contribution in [2.45, 2.75) is 19.3 Å². The monoisotopic (exact) mass is 440 g/mol. The van der Waals surface area contributed by atoms with E-state index in [2.05, 4.69) is 0 Å². The summed E-state index contributed by atoms with van der Waals surface area (Å²) in [5, 5.41) is 8.81. The number of amides is 1. The largest absolute Gasteiger partial charge is 0.486 e. The SMILES string of the molecule is N#CCCN(C(=O)COC(=O)CCC(=O)c1ccc2c(c1)OCCO2)c1ccc(F)cc1. The van der Waals surface area contributed by atoms with E-state index in [0.29, 0.717) is 36.0 Å². The smallest absolute Gasteiger partial charge is 0.306 e. The second kappa shape index (κ2) is 10.9. The molecule has 0 bridgehead atoms. The Balaban J connectivity index is 1.50. The van der Waals surface area contributed by atoms with Gasteiger partial charge in [0.1, 0.15) is 19.0 Å². The number of ether oxygens (including phenoxy) is 3. The van der Waals surface area contributed by atoms with Crippen molar-refractivity contribution in [3.63, 3.8) is 0 Å². The number of hydrogen-bond acceptors (Lipinski definition) is 7. The normalized spacial score (nSPS) is 11.9. The van der Waals surface area contributed by atoms with Gasteiger partial charge >= 0.3 is 5.97 Å². The maximum absolute atomic E-state index is 13.1. The number of rotatable bonds is 9. The Morgan fingerprint density at radius 2 is 1.75 bits per heavy atom. The summed E-state index contributed by atoms with van der Waals surface area (Å²) in [6.07, 6.45) is -0.237. The van der Waals surface area contributed by atoms with Crippen molar-refractivity contribution in [1.29, 1.82) is 5.26 Å². The molecule has 2 aromatic rings. The van der Waals surface area contributed by atoms with Gasteiger partial charge < -0.3 is 19.1 Å². The zero-order valence-corrected chi connectivity index (χ0v) is 17.2. The van der Waals surface area contributed by atoms with Crippen LogP contribution in [0.3, 0.4) is 0 Å². The van der Waals surface area contributed by atoms with Gasteiger partial charge in [0, 0.05) is 24.2 Å². The number of carbonyl (C=O) groups excluding carboxylic acids is 3. The highest BCUT2D eigenvalue weighted by Crippen LogP contribution is 2.31. The predicted octanol–water partition coefficient (Wildman–Crippen LogP) is 3.05. The summed E-state index contributed by atoms with van der Waals surface area (Å²) in [5.74, 6) is -0.953. The van der Waals surface area contributed by atoms with Gasteiger partial charge in [-0.15, -0.1) is 0 Å². The van der Waals surface area contributed by atoms with Crippen LogP contribution in [0.4, 0.5) is 10.1 Å². The Labute approximate surface area is 184 Å². The number of fused-ring (bicyclic) bond motifs is 1. The van der Waals surface area contributed by atoms with E-state index in [0.717, 1.165) is 0 Å². The predicted molar refractivity (Wildman–Crippen MR) is 111 cm³/mol. The summed E-state index contributed by atoms with van der Waals surface area (Å²) in [6, 6.07) is 11.9. The van der Waals surface area contributed by atoms with E-state index in [1.54, 1.807) is 18.2 Å². The number of hydrogen-bond donors (Lipinski definition) is 0. The minimum absolute atomic E-state index is 0.0566. The Morgan fingerprint density at radius 3 is 2.47 bits per heavy atom. The van der Waals surface area contributed by atoms with Gasteiger partial charge in [0.15, 0.2) is 23.9 Å². The standard InChI is InChI=1S/C23H21FN2O6/c24-17-3-5-18(6-4-17)26(11-1-10-25)22(28)15-32-23(29)9-7-19(27)16-2-8-20-21(14-16)31-13-12-30-20/h2-6,8,14H,1,7,9,11-13,15H2. The van der Waals surface area contributed by atoms with Gasteiger partial charge in [-0.25, -0.2) is 4.39 Å². The van der Waals surface area contributed by atoms with Crippen LogP contribution >= 0.6 is 0 Å². The summed E-state index contributed by atoms with van der Waals surface area (Å²) >= 11 is 0. The Morgan fingerprint density at radius 1 is 1.03 bits per heavy atom. The van der Waals surface area contributed by atoms with Gasteiger partial charge in [0.05, 0.1) is 18.9 Å². The van der Waals surface area contributed by atoms with Gasteiger partial charge in [-0.2, -0.15) is 5.26 Å². The number of anilines is 1. The van der Waals surface area contributed by atoms with Gasteiger partial charge in [0.25, 0.3) is 5.91 Å². The lowest BCUT2D eigenvalue weighted by Gasteiger charge is -2.21. The molecular weight excluding hydrogens is 419 g/mol. The molecule has 0 radical (unpaired) electrons. The molecule has 166 valence electrons. The molecule has 32 heavy (non-hydrogen) atoms. The molecule has 0 atom stereocenters. The van der Waals surface area contributed by atoms with Gasteiger partial charge in [-0.3, -0.25) is 14.4 Å². The van der Waals surface area contributed by atoms with E-state index >= 15 is 0 Å². The molecule has 0 aromatic heterocycles. The molecule has 0 saturated heterocycles. The van der Waals surface area contributed by atoms with Crippen molar-refractivity contribution in [2.75, 3.05) is 31.3 Å². The fourth-order valence-electron chi connectivity index (χ4n) is 3.05. The maximum Gasteiger partial charge on any atom is 0.306 e. The summed E-state index contributed by atoms with van der Waals surface area (Å²) in [7, 11) is 0. The molecule has 1 heterocycles. The second-order valence-corrected chi connectivity index (χ2v) is 6.87. The molecule has 1 amide bonds. The first kappa shape index (κ1) is 22.7. The van der Waals surface area contributed by atoms with Crippen LogP contribution in [0.15, 0.2) is 42.5 Å². The highest BCUT2D eigenvalue weighted by molar-refractivity contribution is 5.98. The molecule has 0 unspecified atom stereocenters. The second-order valence-electron chi connectivity index (χ2n) is 6.87. The lowest BCUT2D eigenvalue weighted by molar-refractivity contribution is -0.147. The van der Waals surface area contributed by atoms with Crippen molar-refractivity contribution in [3.8, 4) is 17.6 Å². The number of Topliss-reactive ketones (excluding diaryl/α,β-unsaturated/α-hetero) is 1. The van der Waals surface area contributed by atoms with Crippen LogP contribution in [0.25, 0.3) is 0 Å². The number of nitriles is 1. The maximum atomic E-state index is 13.1. The Hall–Kier alpha value is -3.93. The first-order valence-electron chi connectivity index (χ1n) is 9.99. The van der Waals surface area contributed by atoms with E-state index in [1.165, 1.54) is 29.2 Å². The minimum Gasteiger partial charge on any atom is -0.486 e. The summed E-state index contributed by atoms with van der Waals surface area (Å²) in [5.41, 5.74) is 0.772. The number of halogens is 1. The molecule has 2 aromatic carbocycles. The van der Waals surface area contributed by atoms with Crippen LogP contribution in [-0.4, -0.2) is 44.0 Å². The van der Waals surface area contributed by atoms with Gasteiger partial charge in [-0.1, -0.05) is 0 Å². The molecule has 0 saturated carbocycles. The molecule has 1 aliphatic rings. The molecule has 0 aliphatic carbocycles. The fourth-order valence-corrected chi connectivity index (χ4v) is 3.05. The van der Waals surface area contributed by atoms with Crippen molar-refractivity contribution in [3.05, 3.63) is 53.8 Å². The topological polar surface area (TPSA) is 106 Å². The van der Waals surface area contributed by atoms with Crippen LogP contribution < -0.4 is 14.4 Å². The van der Waals surface area contributed by atoms with Crippen molar-refractivity contribution < 1.29 is 33.0 Å². The lowest BCUT2D eigenvalue weighted by Crippen LogP contribution is -2.35. The van der Waals surface area contributed by atoms with Crippen LogP contribution in [0, 0.1) is 17.1 Å². The summed E-state index contributed by atoms with van der Waals surface area (Å²) in [6.45, 7) is 0.356. The molecule has 3 rings (SSSR count). The zero-order valence-electron chi connectivity index (χ0n) is 17.2. The third-order valence-corrected chi connectivity index (χ3v) is 4.66. The van der Waals surface area contributed by atoms with E-state index < -0.39 is 24.3 Å². The molecule has 1 aliphatic heterocycles. The molecule has 9 heteroatoms. The lowest BCUT2D eigenvalue weighted by atomic mass is 10.1. The number of carbonyl (C=O) groups is 3. The highest BCUT2D eigenvalue weighted by Gasteiger charge is 2.19. The van der Waals surface area contributed by atoms with Crippen molar-refractivity contribution in [2.24, 2.45) is 0 Å². The van der Waals surface area contributed by atoms with Crippen LogP contribution in [0.2, 0.25) is 0 Å². The average molecular weight is 440 g/mol. The molecule has 8 nitrogen and oxygen atoms in total. The molecule has 0 fully saturated rings. The number of ketones is 1. The quantitative estimate of drug-likeness (QED) is 0.436. The minimum atomic E-state index is -0.705. The van der Waals surface area contributed by atoms with Crippen molar-refractivity contribution in [1.82, 2.24) is 0 Å². The molecule has 0 N–H and O–H groups in total. The van der Waals surface area contributed by atoms with Crippen molar-refractivity contribution >= 4 is 23.3 Å². The summed E-state index contributed by atoms with van der Waals surface area (Å²) in [4.78, 5) is 38.1. The van der Waals surface area contributed by atoms with E-state index in [-0.39, 0.29) is 31.6 Å². The zero-order chi connectivity index (χ0) is 22.9. The third kappa shape index (κ3) is 6.04. The van der Waals surface area contributed by atoms with Crippen LogP contribution in [-0.2, 0) is 14.3 Å². The highest BCUT2D eigenvalue weighted by atomic mass is 19.1. The van der Waals surface area contributed by atoms with Crippen LogP contribution in [0.1, 0.15) is 29.6 Å². The first-order valence-corrected chi connectivity index (χ1v) is 9.99. The number of nitrogens with zero attached hydrogens (tertiary/aromatic N) is 2.